The third kappa shape index (κ3) is 2.53. The lowest BCUT2D eigenvalue weighted by Gasteiger charge is -2.27. The number of nitrogens with one attached hydrogen (secondary N) is 1. The molecule has 1 aromatic carbocycles. The van der Waals surface area contributed by atoms with Crippen molar-refractivity contribution in [1.82, 2.24) is 4.98 Å². The summed E-state index contributed by atoms with van der Waals surface area (Å²) < 4.78 is 0. The maximum Gasteiger partial charge on any atom is 0.230 e. The van der Waals surface area contributed by atoms with Crippen molar-refractivity contribution in [2.75, 3.05) is 5.32 Å². The van der Waals surface area contributed by atoms with Gasteiger partial charge in [-0.1, -0.05) is 42.5 Å². The number of carbonyl (C=O) groups excluding carboxylic acids is 2. The quantitative estimate of drug-likeness (QED) is 0.863. The number of amides is 1. The van der Waals surface area contributed by atoms with Crippen LogP contribution in [-0.4, -0.2) is 16.9 Å². The maximum absolute atomic E-state index is 12.6. The minimum Gasteiger partial charge on any atom is -0.550 e. The van der Waals surface area contributed by atoms with E-state index in [-0.39, 0.29) is 17.7 Å². The number of fused-ring (bicyclic) bond motifs is 2. The maximum atomic E-state index is 12.6. The summed E-state index contributed by atoms with van der Waals surface area (Å²) in [5, 5.41) is 16.6. The number of thiazole rings is 1. The van der Waals surface area contributed by atoms with E-state index in [0.29, 0.717) is 11.6 Å². The van der Waals surface area contributed by atoms with E-state index < -0.39 is 17.8 Å². The van der Waals surface area contributed by atoms with Gasteiger partial charge in [-0.15, -0.1) is 11.3 Å². The third-order valence-electron chi connectivity index (χ3n) is 4.84. The Morgan fingerprint density at radius 3 is 2.54 bits per heavy atom. The van der Waals surface area contributed by atoms with Crippen molar-refractivity contribution in [3.05, 3.63) is 47.9 Å². The van der Waals surface area contributed by atoms with Crippen LogP contribution in [0.15, 0.2) is 47.9 Å². The number of hydrogen-bond donors (Lipinski definition) is 1. The van der Waals surface area contributed by atoms with Crippen molar-refractivity contribution in [3.63, 3.8) is 0 Å². The van der Waals surface area contributed by atoms with E-state index in [1.165, 1.54) is 11.3 Å². The normalized spacial score (nSPS) is 27.3. The Morgan fingerprint density at radius 2 is 1.83 bits per heavy atom. The molecule has 1 N–H and O–H groups in total. The molecule has 24 heavy (non-hydrogen) atoms. The van der Waals surface area contributed by atoms with Crippen molar-refractivity contribution in [1.29, 1.82) is 0 Å². The largest absolute Gasteiger partial charge is 0.550 e. The Hall–Kier alpha value is -2.47. The second-order valence-corrected chi connectivity index (χ2v) is 7.07. The molecule has 122 valence electrons. The highest BCUT2D eigenvalue weighted by Crippen LogP contribution is 2.48. The van der Waals surface area contributed by atoms with Gasteiger partial charge in [-0.3, -0.25) is 4.79 Å². The van der Waals surface area contributed by atoms with Gasteiger partial charge < -0.3 is 15.2 Å². The second-order valence-electron chi connectivity index (χ2n) is 6.21. The van der Waals surface area contributed by atoms with E-state index in [1.807, 2.05) is 47.9 Å². The minimum absolute atomic E-state index is 0.0218. The average Bonchev–Trinajstić information content (AvgIpc) is 3.30. The summed E-state index contributed by atoms with van der Waals surface area (Å²) in [5.74, 6) is -2.85. The van der Waals surface area contributed by atoms with Crippen LogP contribution in [0.5, 0.6) is 0 Å². The molecular formula is C18H15N2O3S-. The molecule has 1 aromatic heterocycles. The first kappa shape index (κ1) is 15.1. The van der Waals surface area contributed by atoms with E-state index in [2.05, 4.69) is 10.3 Å². The number of benzene rings is 1. The molecule has 5 nitrogen and oxygen atoms in total. The zero-order valence-electron chi connectivity index (χ0n) is 12.7. The van der Waals surface area contributed by atoms with Crippen molar-refractivity contribution >= 4 is 28.3 Å². The SMILES string of the molecule is O=C([O-])[C@@H]1[C@H](C(=O)Nc2nc(-c3ccccc3)cs2)[C@@H]2C=C[C@H]1C2. The molecule has 4 rings (SSSR count). The number of aliphatic carboxylic acids is 1. The van der Waals surface area contributed by atoms with Crippen LogP contribution < -0.4 is 10.4 Å². The number of carboxylic acids is 1. The number of nitrogens with zero attached hydrogens (tertiary/aromatic N) is 1. The predicted octanol–water partition coefficient (Wildman–Crippen LogP) is 1.94. The summed E-state index contributed by atoms with van der Waals surface area (Å²) in [5.41, 5.74) is 1.77. The molecule has 6 heteroatoms. The first-order valence-electron chi connectivity index (χ1n) is 7.84. The summed E-state index contributed by atoms with van der Waals surface area (Å²) in [6.07, 6.45) is 4.56. The van der Waals surface area contributed by atoms with Gasteiger partial charge in [-0.25, -0.2) is 4.98 Å². The van der Waals surface area contributed by atoms with Crippen molar-refractivity contribution < 1.29 is 14.7 Å². The lowest BCUT2D eigenvalue weighted by Crippen LogP contribution is -2.42. The standard InChI is InChI=1S/C18H16N2O3S/c21-16(14-11-6-7-12(8-11)15(14)17(22)23)20-18-19-13(9-24-18)10-4-2-1-3-5-10/h1-7,9,11-12,14-15H,8H2,(H,22,23)(H,19,20,21)/p-1/t11-,12+,14-,15+/m1/s1. The molecule has 0 unspecified atom stereocenters. The van der Waals surface area contributed by atoms with E-state index in [1.54, 1.807) is 0 Å². The first-order chi connectivity index (χ1) is 11.6. The fraction of sp³-hybridized carbons (Fsp3) is 0.278. The molecule has 1 fully saturated rings. The van der Waals surface area contributed by atoms with Gasteiger partial charge in [0.15, 0.2) is 5.13 Å². The number of carboxylic acid groups (broad SMARTS) is 1. The summed E-state index contributed by atoms with van der Waals surface area (Å²) in [6, 6.07) is 9.69. The fourth-order valence-corrected chi connectivity index (χ4v) is 4.49. The van der Waals surface area contributed by atoms with Crippen LogP contribution in [0.25, 0.3) is 11.3 Å². The Bertz CT molecular complexity index is 815. The van der Waals surface area contributed by atoms with Crippen molar-refractivity contribution in [2.45, 2.75) is 6.42 Å². The van der Waals surface area contributed by atoms with Gasteiger partial charge in [0.05, 0.1) is 11.6 Å². The lowest BCUT2D eigenvalue weighted by molar-refractivity contribution is -0.313. The Balaban J connectivity index is 1.52. The molecule has 2 aromatic rings. The molecule has 1 heterocycles. The van der Waals surface area contributed by atoms with Gasteiger partial charge in [0.1, 0.15) is 0 Å². The average molecular weight is 339 g/mol. The van der Waals surface area contributed by atoms with E-state index in [0.717, 1.165) is 11.3 Å². The number of carbonyl (C=O) groups is 2. The Labute approximate surface area is 143 Å². The summed E-state index contributed by atoms with van der Waals surface area (Å²) in [6.45, 7) is 0. The van der Waals surface area contributed by atoms with Gasteiger partial charge in [0.25, 0.3) is 0 Å². The zero-order valence-corrected chi connectivity index (χ0v) is 13.5. The predicted molar refractivity (Wildman–Crippen MR) is 88.9 cm³/mol. The highest BCUT2D eigenvalue weighted by Gasteiger charge is 2.48. The first-order valence-corrected chi connectivity index (χ1v) is 8.72. The monoisotopic (exact) mass is 339 g/mol. The molecule has 0 spiro atoms. The molecule has 0 saturated heterocycles. The summed E-state index contributed by atoms with van der Waals surface area (Å²) >= 11 is 1.34. The number of allylic oxidation sites excluding steroid dienone is 2. The van der Waals surface area contributed by atoms with Gasteiger partial charge in [0.2, 0.25) is 5.91 Å². The molecule has 2 bridgehead atoms. The highest BCUT2D eigenvalue weighted by atomic mass is 32.1. The van der Waals surface area contributed by atoms with E-state index in [9.17, 15) is 14.7 Å². The van der Waals surface area contributed by atoms with Gasteiger partial charge >= 0.3 is 0 Å². The van der Waals surface area contributed by atoms with Crippen molar-refractivity contribution in [3.8, 4) is 11.3 Å². The molecule has 1 saturated carbocycles. The molecular weight excluding hydrogens is 324 g/mol. The molecule has 4 atom stereocenters. The van der Waals surface area contributed by atoms with E-state index in [4.69, 9.17) is 0 Å². The lowest BCUT2D eigenvalue weighted by atomic mass is 9.82. The molecule has 0 aliphatic heterocycles. The van der Waals surface area contributed by atoms with Crippen LogP contribution in [0, 0.1) is 23.7 Å². The van der Waals surface area contributed by atoms with Gasteiger partial charge in [-0.2, -0.15) is 0 Å². The summed E-state index contributed by atoms with van der Waals surface area (Å²) in [4.78, 5) is 28.4. The number of rotatable bonds is 4. The fourth-order valence-electron chi connectivity index (χ4n) is 3.76. The van der Waals surface area contributed by atoms with Crippen LogP contribution in [-0.2, 0) is 9.59 Å². The van der Waals surface area contributed by atoms with Crippen LogP contribution in [0.2, 0.25) is 0 Å². The minimum atomic E-state index is -1.14. The van der Waals surface area contributed by atoms with E-state index >= 15 is 0 Å². The van der Waals surface area contributed by atoms with Gasteiger partial charge in [-0.05, 0) is 18.3 Å². The number of anilines is 1. The molecule has 1 amide bonds. The smallest absolute Gasteiger partial charge is 0.230 e. The van der Waals surface area contributed by atoms with Crippen molar-refractivity contribution in [2.24, 2.45) is 23.7 Å². The number of hydrogen-bond acceptors (Lipinski definition) is 5. The summed E-state index contributed by atoms with van der Waals surface area (Å²) in [7, 11) is 0. The van der Waals surface area contributed by atoms with Crippen LogP contribution in [0.1, 0.15) is 6.42 Å². The van der Waals surface area contributed by atoms with Gasteiger partial charge in [0, 0.05) is 22.8 Å². The topological polar surface area (TPSA) is 82.1 Å². The highest BCUT2D eigenvalue weighted by molar-refractivity contribution is 7.14. The number of aromatic nitrogens is 1. The molecule has 0 radical (unpaired) electrons. The third-order valence-corrected chi connectivity index (χ3v) is 5.60. The second kappa shape index (κ2) is 5.87. The van der Waals surface area contributed by atoms with Crippen LogP contribution in [0.4, 0.5) is 5.13 Å². The van der Waals surface area contributed by atoms with Crippen LogP contribution >= 0.6 is 11.3 Å². The molecule has 2 aliphatic rings. The zero-order chi connectivity index (χ0) is 16.7. The Morgan fingerprint density at radius 1 is 1.12 bits per heavy atom. The Kier molecular flexibility index (Phi) is 3.69. The molecule has 2 aliphatic carbocycles. The van der Waals surface area contributed by atoms with Crippen LogP contribution in [0.3, 0.4) is 0 Å².